The maximum absolute atomic E-state index is 13.3. The molecule has 1 unspecified atom stereocenters. The van der Waals surface area contributed by atoms with Gasteiger partial charge in [-0.3, -0.25) is 4.79 Å². The summed E-state index contributed by atoms with van der Waals surface area (Å²) in [5, 5.41) is 0. The molecule has 1 aliphatic heterocycles. The van der Waals surface area contributed by atoms with Gasteiger partial charge in [0.1, 0.15) is 5.82 Å². The Kier molecular flexibility index (Phi) is 2.30. The van der Waals surface area contributed by atoms with E-state index in [-0.39, 0.29) is 23.2 Å². The fraction of sp³-hybridized carbons (Fsp3) is 0.462. The van der Waals surface area contributed by atoms with Crippen LogP contribution in [0.25, 0.3) is 0 Å². The molecule has 1 aromatic carbocycles. The average molecular weight is 221 g/mol. The van der Waals surface area contributed by atoms with Crippen molar-refractivity contribution < 1.29 is 9.18 Å². The number of benzene rings is 1. The van der Waals surface area contributed by atoms with Gasteiger partial charge in [-0.15, -0.1) is 0 Å². The van der Waals surface area contributed by atoms with Gasteiger partial charge in [0.15, 0.2) is 0 Å². The average Bonchev–Trinajstić information content (AvgIpc) is 2.37. The predicted octanol–water partition coefficient (Wildman–Crippen LogP) is 2.86. The van der Waals surface area contributed by atoms with Gasteiger partial charge in [0.2, 0.25) is 5.91 Å². The van der Waals surface area contributed by atoms with Crippen molar-refractivity contribution in [3.8, 4) is 0 Å². The zero-order valence-corrected chi connectivity index (χ0v) is 10.0. The Bertz CT molecular complexity index is 453. The van der Waals surface area contributed by atoms with Crippen molar-refractivity contribution in [1.29, 1.82) is 0 Å². The van der Waals surface area contributed by atoms with Crippen LogP contribution in [0.2, 0.25) is 0 Å². The molecule has 1 aromatic rings. The molecule has 3 heteroatoms. The second kappa shape index (κ2) is 3.30. The summed E-state index contributed by atoms with van der Waals surface area (Å²) in [6, 6.07) is 4.69. The monoisotopic (exact) mass is 221 g/mol. The number of halogens is 1. The summed E-state index contributed by atoms with van der Waals surface area (Å²) in [4.78, 5) is 13.4. The lowest BCUT2D eigenvalue weighted by atomic mass is 9.81. The summed E-state index contributed by atoms with van der Waals surface area (Å²) >= 11 is 0. The first-order valence-electron chi connectivity index (χ1n) is 5.45. The first-order valence-corrected chi connectivity index (χ1v) is 5.45. The van der Waals surface area contributed by atoms with E-state index in [0.717, 1.165) is 11.3 Å². The Morgan fingerprint density at radius 3 is 2.62 bits per heavy atom. The first-order chi connectivity index (χ1) is 7.35. The molecule has 0 fully saturated rings. The van der Waals surface area contributed by atoms with Crippen LogP contribution in [0.4, 0.5) is 10.1 Å². The summed E-state index contributed by atoms with van der Waals surface area (Å²) in [5.41, 5.74) is 1.55. The van der Waals surface area contributed by atoms with E-state index in [1.807, 2.05) is 20.8 Å². The second-order valence-corrected chi connectivity index (χ2v) is 4.95. The van der Waals surface area contributed by atoms with E-state index in [4.69, 9.17) is 0 Å². The zero-order valence-electron chi connectivity index (χ0n) is 10.0. The van der Waals surface area contributed by atoms with Gasteiger partial charge in [-0.05, 0) is 30.7 Å². The molecule has 0 aliphatic carbocycles. The molecule has 1 aliphatic rings. The Balaban J connectivity index is 2.65. The van der Waals surface area contributed by atoms with E-state index in [9.17, 15) is 9.18 Å². The molecular formula is C13H16FNO. The molecule has 1 heterocycles. The molecule has 0 radical (unpaired) electrons. The number of nitrogens with zero attached hydrogens (tertiary/aromatic N) is 1. The number of fused-ring (bicyclic) bond motifs is 1. The van der Waals surface area contributed by atoms with Crippen LogP contribution < -0.4 is 4.90 Å². The minimum Gasteiger partial charge on any atom is -0.309 e. The van der Waals surface area contributed by atoms with Crippen LogP contribution in [0, 0.1) is 5.82 Å². The highest BCUT2D eigenvalue weighted by Gasteiger charge is 2.43. The van der Waals surface area contributed by atoms with E-state index in [2.05, 4.69) is 0 Å². The molecule has 0 bridgehead atoms. The molecule has 2 nitrogen and oxygen atoms in total. The third-order valence-corrected chi connectivity index (χ3v) is 3.68. The van der Waals surface area contributed by atoms with Crippen LogP contribution in [0.5, 0.6) is 0 Å². The van der Waals surface area contributed by atoms with Crippen LogP contribution in [0.1, 0.15) is 33.3 Å². The highest BCUT2D eigenvalue weighted by molar-refractivity contribution is 5.95. The van der Waals surface area contributed by atoms with Crippen molar-refractivity contribution in [2.45, 2.75) is 39.2 Å². The van der Waals surface area contributed by atoms with Gasteiger partial charge in [0.25, 0.3) is 0 Å². The van der Waals surface area contributed by atoms with Gasteiger partial charge in [-0.2, -0.15) is 0 Å². The van der Waals surface area contributed by atoms with E-state index in [0.29, 0.717) is 0 Å². The van der Waals surface area contributed by atoms with Crippen molar-refractivity contribution >= 4 is 11.6 Å². The zero-order chi connectivity index (χ0) is 12.1. The number of amides is 1. The fourth-order valence-electron chi connectivity index (χ4n) is 2.43. The Labute approximate surface area is 95.1 Å². The van der Waals surface area contributed by atoms with Crippen molar-refractivity contribution in [3.63, 3.8) is 0 Å². The molecular weight excluding hydrogens is 205 g/mol. The SMILES string of the molecule is CC(=O)N1c2ccc(F)cc2C(C)(C)C1C. The van der Waals surface area contributed by atoms with Crippen LogP contribution in [-0.4, -0.2) is 11.9 Å². The maximum Gasteiger partial charge on any atom is 0.224 e. The Morgan fingerprint density at radius 2 is 2.06 bits per heavy atom. The van der Waals surface area contributed by atoms with Gasteiger partial charge < -0.3 is 4.90 Å². The van der Waals surface area contributed by atoms with E-state index in [1.165, 1.54) is 12.1 Å². The molecule has 0 saturated carbocycles. The van der Waals surface area contributed by atoms with E-state index < -0.39 is 0 Å². The molecule has 1 amide bonds. The number of hydrogen-bond acceptors (Lipinski definition) is 1. The van der Waals surface area contributed by atoms with Crippen LogP contribution in [-0.2, 0) is 10.2 Å². The lowest BCUT2D eigenvalue weighted by Crippen LogP contribution is -2.41. The van der Waals surface area contributed by atoms with Crippen molar-refractivity contribution in [3.05, 3.63) is 29.6 Å². The number of anilines is 1. The highest BCUT2D eigenvalue weighted by atomic mass is 19.1. The fourth-order valence-corrected chi connectivity index (χ4v) is 2.43. The largest absolute Gasteiger partial charge is 0.309 e. The first kappa shape index (κ1) is 11.1. The standard InChI is InChI=1S/C13H16FNO/c1-8-13(3,4)11-7-10(14)5-6-12(11)15(8)9(2)16/h5-8H,1-4H3. The third kappa shape index (κ3) is 1.34. The lowest BCUT2D eigenvalue weighted by Gasteiger charge is -2.29. The van der Waals surface area contributed by atoms with Gasteiger partial charge >= 0.3 is 0 Å². The minimum absolute atomic E-state index is 0.00549. The molecule has 0 spiro atoms. The molecule has 16 heavy (non-hydrogen) atoms. The van der Waals surface area contributed by atoms with Crippen LogP contribution in [0.15, 0.2) is 18.2 Å². The van der Waals surface area contributed by atoms with Crippen molar-refractivity contribution in [2.75, 3.05) is 4.90 Å². The van der Waals surface area contributed by atoms with Gasteiger partial charge in [-0.1, -0.05) is 13.8 Å². The summed E-state index contributed by atoms with van der Waals surface area (Å²) in [6.45, 7) is 7.63. The summed E-state index contributed by atoms with van der Waals surface area (Å²) in [7, 11) is 0. The molecule has 2 rings (SSSR count). The number of carbonyl (C=O) groups excluding carboxylic acids is 1. The summed E-state index contributed by atoms with van der Waals surface area (Å²) in [5.74, 6) is -0.240. The van der Waals surface area contributed by atoms with Crippen LogP contribution >= 0.6 is 0 Å². The van der Waals surface area contributed by atoms with Crippen LogP contribution in [0.3, 0.4) is 0 Å². The van der Waals surface area contributed by atoms with Crippen molar-refractivity contribution in [2.24, 2.45) is 0 Å². The Morgan fingerprint density at radius 1 is 1.44 bits per heavy atom. The van der Waals surface area contributed by atoms with Crippen molar-refractivity contribution in [1.82, 2.24) is 0 Å². The molecule has 1 atom stereocenters. The minimum atomic E-state index is -0.246. The third-order valence-electron chi connectivity index (χ3n) is 3.68. The van der Waals surface area contributed by atoms with Gasteiger partial charge in [0.05, 0.1) is 0 Å². The quantitative estimate of drug-likeness (QED) is 0.659. The summed E-state index contributed by atoms with van der Waals surface area (Å²) in [6.07, 6.45) is 0. The number of rotatable bonds is 0. The maximum atomic E-state index is 13.3. The number of hydrogen-bond donors (Lipinski definition) is 0. The topological polar surface area (TPSA) is 20.3 Å². The number of carbonyl (C=O) groups is 1. The Hall–Kier alpha value is -1.38. The van der Waals surface area contributed by atoms with Gasteiger partial charge in [-0.25, -0.2) is 4.39 Å². The van der Waals surface area contributed by atoms with Gasteiger partial charge in [0, 0.05) is 24.1 Å². The lowest BCUT2D eigenvalue weighted by molar-refractivity contribution is -0.117. The molecule has 86 valence electrons. The highest BCUT2D eigenvalue weighted by Crippen LogP contribution is 2.45. The predicted molar refractivity (Wildman–Crippen MR) is 62.0 cm³/mol. The molecule has 0 aromatic heterocycles. The second-order valence-electron chi connectivity index (χ2n) is 4.95. The molecule has 0 N–H and O–H groups in total. The normalized spacial score (nSPS) is 22.1. The summed E-state index contributed by atoms with van der Waals surface area (Å²) < 4.78 is 13.3. The van der Waals surface area contributed by atoms with E-state index in [1.54, 1.807) is 17.9 Å². The smallest absolute Gasteiger partial charge is 0.224 e. The van der Waals surface area contributed by atoms with E-state index >= 15 is 0 Å². The molecule has 0 saturated heterocycles.